The molecule has 0 fully saturated rings. The van der Waals surface area contributed by atoms with Crippen molar-refractivity contribution in [2.75, 3.05) is 27.4 Å². The van der Waals surface area contributed by atoms with Crippen molar-refractivity contribution in [1.29, 1.82) is 0 Å². The SMILES string of the molecule is CCOc1cccc(CNC)c1OCC(C)OC. The predicted molar refractivity (Wildman–Crippen MR) is 72.3 cm³/mol. The maximum atomic E-state index is 5.84. The van der Waals surface area contributed by atoms with E-state index in [2.05, 4.69) is 5.32 Å². The molecule has 0 aromatic heterocycles. The summed E-state index contributed by atoms with van der Waals surface area (Å²) in [6.45, 7) is 5.82. The van der Waals surface area contributed by atoms with E-state index in [1.54, 1.807) is 7.11 Å². The second kappa shape index (κ2) is 7.95. The van der Waals surface area contributed by atoms with E-state index < -0.39 is 0 Å². The highest BCUT2D eigenvalue weighted by Gasteiger charge is 2.12. The van der Waals surface area contributed by atoms with Gasteiger partial charge in [0.25, 0.3) is 0 Å². The molecule has 1 unspecified atom stereocenters. The van der Waals surface area contributed by atoms with E-state index in [1.807, 2.05) is 39.1 Å². The Bertz CT molecular complexity index is 331. The molecule has 1 atom stereocenters. The van der Waals surface area contributed by atoms with Gasteiger partial charge in [0, 0.05) is 19.2 Å². The number of hydrogen-bond acceptors (Lipinski definition) is 4. The number of para-hydroxylation sites is 1. The molecule has 0 aliphatic heterocycles. The Morgan fingerprint density at radius 2 is 2.06 bits per heavy atom. The highest BCUT2D eigenvalue weighted by Crippen LogP contribution is 2.31. The van der Waals surface area contributed by atoms with Crippen LogP contribution in [0.4, 0.5) is 0 Å². The van der Waals surface area contributed by atoms with E-state index in [9.17, 15) is 0 Å². The van der Waals surface area contributed by atoms with Crippen LogP contribution in [0.25, 0.3) is 0 Å². The van der Waals surface area contributed by atoms with Crippen molar-refractivity contribution >= 4 is 0 Å². The van der Waals surface area contributed by atoms with E-state index in [0.717, 1.165) is 23.6 Å². The lowest BCUT2D eigenvalue weighted by Gasteiger charge is -2.17. The summed E-state index contributed by atoms with van der Waals surface area (Å²) >= 11 is 0. The Kier molecular flexibility index (Phi) is 6.54. The van der Waals surface area contributed by atoms with Crippen LogP contribution >= 0.6 is 0 Å². The number of hydrogen-bond donors (Lipinski definition) is 1. The van der Waals surface area contributed by atoms with Gasteiger partial charge in [-0.2, -0.15) is 0 Å². The molecule has 0 bridgehead atoms. The molecule has 0 saturated carbocycles. The maximum absolute atomic E-state index is 5.84. The number of nitrogens with one attached hydrogen (secondary N) is 1. The molecule has 102 valence electrons. The van der Waals surface area contributed by atoms with Crippen molar-refractivity contribution < 1.29 is 14.2 Å². The molecule has 0 aliphatic carbocycles. The summed E-state index contributed by atoms with van der Waals surface area (Å²) < 4.78 is 16.6. The molecule has 18 heavy (non-hydrogen) atoms. The van der Waals surface area contributed by atoms with E-state index in [-0.39, 0.29) is 6.10 Å². The molecular weight excluding hydrogens is 230 g/mol. The fourth-order valence-electron chi connectivity index (χ4n) is 1.59. The highest BCUT2D eigenvalue weighted by atomic mass is 16.5. The minimum atomic E-state index is 0.0575. The zero-order valence-electron chi connectivity index (χ0n) is 11.7. The lowest BCUT2D eigenvalue weighted by Crippen LogP contribution is -2.18. The van der Waals surface area contributed by atoms with Gasteiger partial charge in [-0.05, 0) is 27.0 Å². The Hall–Kier alpha value is -1.26. The topological polar surface area (TPSA) is 39.7 Å². The monoisotopic (exact) mass is 253 g/mol. The summed E-state index contributed by atoms with van der Waals surface area (Å²) in [7, 11) is 3.59. The zero-order valence-corrected chi connectivity index (χ0v) is 11.7. The van der Waals surface area contributed by atoms with Gasteiger partial charge in [0.05, 0.1) is 12.7 Å². The molecule has 1 aromatic carbocycles. The van der Waals surface area contributed by atoms with Crippen molar-refractivity contribution in [3.63, 3.8) is 0 Å². The Morgan fingerprint density at radius 1 is 1.28 bits per heavy atom. The third-order valence-electron chi connectivity index (χ3n) is 2.59. The van der Waals surface area contributed by atoms with Gasteiger partial charge in [0.1, 0.15) is 6.61 Å². The first kappa shape index (κ1) is 14.8. The summed E-state index contributed by atoms with van der Waals surface area (Å²) in [5, 5.41) is 3.13. The van der Waals surface area contributed by atoms with Crippen LogP contribution < -0.4 is 14.8 Å². The van der Waals surface area contributed by atoms with Crippen molar-refractivity contribution in [1.82, 2.24) is 5.32 Å². The van der Waals surface area contributed by atoms with Gasteiger partial charge in [0.15, 0.2) is 11.5 Å². The average molecular weight is 253 g/mol. The average Bonchev–Trinajstić information content (AvgIpc) is 2.38. The van der Waals surface area contributed by atoms with E-state index >= 15 is 0 Å². The number of ether oxygens (including phenoxy) is 3. The first-order valence-corrected chi connectivity index (χ1v) is 6.27. The summed E-state index contributed by atoms with van der Waals surface area (Å²) in [6.07, 6.45) is 0.0575. The molecule has 0 amide bonds. The van der Waals surface area contributed by atoms with Crippen LogP contribution in [0.15, 0.2) is 18.2 Å². The summed E-state index contributed by atoms with van der Waals surface area (Å²) in [6, 6.07) is 5.94. The van der Waals surface area contributed by atoms with E-state index in [4.69, 9.17) is 14.2 Å². The largest absolute Gasteiger partial charge is 0.490 e. The minimum absolute atomic E-state index is 0.0575. The van der Waals surface area contributed by atoms with Crippen LogP contribution in [-0.2, 0) is 11.3 Å². The van der Waals surface area contributed by atoms with Crippen molar-refractivity contribution in [2.24, 2.45) is 0 Å². The van der Waals surface area contributed by atoms with Gasteiger partial charge in [-0.3, -0.25) is 0 Å². The Morgan fingerprint density at radius 3 is 2.67 bits per heavy atom. The lowest BCUT2D eigenvalue weighted by atomic mass is 10.2. The second-order valence-electron chi connectivity index (χ2n) is 4.07. The molecule has 1 N–H and O–H groups in total. The minimum Gasteiger partial charge on any atom is -0.490 e. The standard InChI is InChI=1S/C14H23NO3/c1-5-17-13-8-6-7-12(9-15-3)14(13)18-10-11(2)16-4/h6-8,11,15H,5,9-10H2,1-4H3. The Balaban J connectivity index is 2.87. The van der Waals surface area contributed by atoms with Gasteiger partial charge >= 0.3 is 0 Å². The van der Waals surface area contributed by atoms with Crippen LogP contribution in [0.3, 0.4) is 0 Å². The maximum Gasteiger partial charge on any atom is 0.165 e. The lowest BCUT2D eigenvalue weighted by molar-refractivity contribution is 0.0699. The molecule has 0 heterocycles. The van der Waals surface area contributed by atoms with Crippen LogP contribution in [0.5, 0.6) is 11.5 Å². The summed E-state index contributed by atoms with van der Waals surface area (Å²) in [5.74, 6) is 1.59. The molecule has 1 aromatic rings. The van der Waals surface area contributed by atoms with E-state index in [1.165, 1.54) is 0 Å². The van der Waals surface area contributed by atoms with E-state index in [0.29, 0.717) is 13.2 Å². The first-order valence-electron chi connectivity index (χ1n) is 6.27. The molecule has 0 radical (unpaired) electrons. The van der Waals surface area contributed by atoms with Gasteiger partial charge < -0.3 is 19.5 Å². The smallest absolute Gasteiger partial charge is 0.165 e. The van der Waals surface area contributed by atoms with Gasteiger partial charge in [-0.25, -0.2) is 0 Å². The number of benzene rings is 1. The van der Waals surface area contributed by atoms with Crippen LogP contribution in [0.1, 0.15) is 19.4 Å². The van der Waals surface area contributed by atoms with Gasteiger partial charge in [-0.15, -0.1) is 0 Å². The van der Waals surface area contributed by atoms with Gasteiger partial charge in [0.2, 0.25) is 0 Å². The zero-order chi connectivity index (χ0) is 13.4. The molecular formula is C14H23NO3. The third-order valence-corrected chi connectivity index (χ3v) is 2.59. The number of methoxy groups -OCH3 is 1. The quantitative estimate of drug-likeness (QED) is 0.771. The van der Waals surface area contributed by atoms with Gasteiger partial charge in [-0.1, -0.05) is 12.1 Å². The second-order valence-corrected chi connectivity index (χ2v) is 4.07. The molecule has 4 nitrogen and oxygen atoms in total. The summed E-state index contributed by atoms with van der Waals surface area (Å²) in [4.78, 5) is 0. The first-order chi connectivity index (χ1) is 8.72. The van der Waals surface area contributed by atoms with Crippen molar-refractivity contribution in [3.8, 4) is 11.5 Å². The Labute approximate surface area is 109 Å². The van der Waals surface area contributed by atoms with Crippen LogP contribution in [0, 0.1) is 0 Å². The molecule has 1 rings (SSSR count). The fraction of sp³-hybridized carbons (Fsp3) is 0.571. The predicted octanol–water partition coefficient (Wildman–Crippen LogP) is 2.22. The molecule has 4 heteroatoms. The van der Waals surface area contributed by atoms with Crippen LogP contribution in [-0.4, -0.2) is 33.5 Å². The molecule has 0 saturated heterocycles. The number of rotatable bonds is 8. The fourth-order valence-corrected chi connectivity index (χ4v) is 1.59. The van der Waals surface area contributed by atoms with Crippen molar-refractivity contribution in [3.05, 3.63) is 23.8 Å². The summed E-state index contributed by atoms with van der Waals surface area (Å²) in [5.41, 5.74) is 1.09. The third kappa shape index (κ3) is 4.20. The molecule has 0 spiro atoms. The van der Waals surface area contributed by atoms with Crippen LogP contribution in [0.2, 0.25) is 0 Å². The van der Waals surface area contributed by atoms with Crippen molar-refractivity contribution in [2.45, 2.75) is 26.5 Å². The highest BCUT2D eigenvalue weighted by molar-refractivity contribution is 5.46. The molecule has 0 aliphatic rings. The normalized spacial score (nSPS) is 12.2.